The average molecular weight is 296 g/mol. The van der Waals surface area contributed by atoms with Gasteiger partial charge in [0.2, 0.25) is 5.91 Å². The largest absolute Gasteiger partial charge is 0.481 e. The number of hydrogen-bond donors (Lipinski definition) is 2. The zero-order valence-corrected chi connectivity index (χ0v) is 12.3. The number of carbonyl (C=O) groups is 2. The van der Waals surface area contributed by atoms with Gasteiger partial charge >= 0.3 is 5.97 Å². The van der Waals surface area contributed by atoms with E-state index in [4.69, 9.17) is 9.84 Å². The van der Waals surface area contributed by atoms with Crippen molar-refractivity contribution >= 4 is 11.9 Å². The van der Waals surface area contributed by atoms with Crippen LogP contribution in [-0.4, -0.2) is 59.8 Å². The Bertz CT molecular complexity index is 402. The number of rotatable bonds is 4. The lowest BCUT2D eigenvalue weighted by Crippen LogP contribution is -2.50. The number of ether oxygens (including phenoxy) is 1. The van der Waals surface area contributed by atoms with Crippen LogP contribution in [0.25, 0.3) is 0 Å². The fourth-order valence-electron chi connectivity index (χ4n) is 4.06. The lowest BCUT2D eigenvalue weighted by atomic mass is 9.89. The highest BCUT2D eigenvalue weighted by Gasteiger charge is 2.36. The predicted octanol–water partition coefficient (Wildman–Crippen LogP) is 0.609. The van der Waals surface area contributed by atoms with Crippen molar-refractivity contribution in [3.05, 3.63) is 0 Å². The minimum Gasteiger partial charge on any atom is -0.481 e. The van der Waals surface area contributed by atoms with E-state index >= 15 is 0 Å². The number of nitrogens with one attached hydrogen (secondary N) is 1. The van der Waals surface area contributed by atoms with Gasteiger partial charge in [-0.2, -0.15) is 0 Å². The van der Waals surface area contributed by atoms with Crippen LogP contribution < -0.4 is 5.32 Å². The molecule has 0 spiro atoms. The first kappa shape index (κ1) is 14.8. The molecule has 3 atom stereocenters. The second-order valence-corrected chi connectivity index (χ2v) is 6.59. The molecule has 2 bridgehead atoms. The van der Waals surface area contributed by atoms with Crippen LogP contribution in [0.3, 0.4) is 0 Å². The highest BCUT2D eigenvalue weighted by molar-refractivity contribution is 5.78. The van der Waals surface area contributed by atoms with Crippen LogP contribution in [0.15, 0.2) is 0 Å². The summed E-state index contributed by atoms with van der Waals surface area (Å²) in [5, 5.41) is 12.5. The van der Waals surface area contributed by atoms with E-state index in [2.05, 4.69) is 5.32 Å². The maximum absolute atomic E-state index is 12.5. The summed E-state index contributed by atoms with van der Waals surface area (Å²) in [7, 11) is 0. The van der Waals surface area contributed by atoms with Gasteiger partial charge < -0.3 is 20.1 Å². The van der Waals surface area contributed by atoms with E-state index in [0.29, 0.717) is 44.2 Å². The highest BCUT2D eigenvalue weighted by atomic mass is 16.5. The Morgan fingerprint density at radius 3 is 2.57 bits per heavy atom. The van der Waals surface area contributed by atoms with E-state index in [0.717, 1.165) is 12.8 Å². The number of nitrogens with zero attached hydrogens (tertiary/aromatic N) is 1. The second-order valence-electron chi connectivity index (χ2n) is 6.59. The van der Waals surface area contributed by atoms with Gasteiger partial charge in [0.25, 0.3) is 0 Å². The molecule has 6 heteroatoms. The Labute approximate surface area is 124 Å². The summed E-state index contributed by atoms with van der Waals surface area (Å²) in [4.78, 5) is 25.2. The zero-order chi connectivity index (χ0) is 14.8. The van der Waals surface area contributed by atoms with Gasteiger partial charge in [0.15, 0.2) is 0 Å². The topological polar surface area (TPSA) is 78.9 Å². The number of amides is 1. The Morgan fingerprint density at radius 1 is 1.19 bits per heavy atom. The molecular formula is C15H24N2O4. The van der Waals surface area contributed by atoms with Crippen LogP contribution in [0.2, 0.25) is 0 Å². The zero-order valence-electron chi connectivity index (χ0n) is 12.3. The van der Waals surface area contributed by atoms with Crippen molar-refractivity contribution in [2.75, 3.05) is 19.8 Å². The first-order valence-electron chi connectivity index (χ1n) is 7.97. The molecule has 3 fully saturated rings. The molecule has 0 aromatic rings. The van der Waals surface area contributed by atoms with E-state index in [-0.39, 0.29) is 18.4 Å². The molecule has 3 saturated heterocycles. The molecule has 0 radical (unpaired) electrons. The summed E-state index contributed by atoms with van der Waals surface area (Å²) in [6.07, 6.45) is 5.16. The fourth-order valence-corrected chi connectivity index (χ4v) is 4.06. The molecule has 118 valence electrons. The molecular weight excluding hydrogens is 272 g/mol. The van der Waals surface area contributed by atoms with Crippen LogP contribution in [0.1, 0.15) is 38.5 Å². The number of morpholine rings is 1. The van der Waals surface area contributed by atoms with Crippen molar-refractivity contribution in [3.63, 3.8) is 0 Å². The van der Waals surface area contributed by atoms with Crippen LogP contribution in [-0.2, 0) is 14.3 Å². The van der Waals surface area contributed by atoms with Gasteiger partial charge in [-0.1, -0.05) is 0 Å². The van der Waals surface area contributed by atoms with E-state index in [1.807, 2.05) is 0 Å². The minimum atomic E-state index is -0.872. The van der Waals surface area contributed by atoms with Crippen molar-refractivity contribution in [3.8, 4) is 0 Å². The van der Waals surface area contributed by atoms with Gasteiger partial charge in [-0.05, 0) is 31.6 Å². The van der Waals surface area contributed by atoms with Gasteiger partial charge in [-0.25, -0.2) is 0 Å². The van der Waals surface area contributed by atoms with Crippen LogP contribution >= 0.6 is 0 Å². The SMILES string of the molecule is O=C(O)CC1COCCN1C(=O)CC1CC2CCC(C1)N2. The molecule has 3 unspecified atom stereocenters. The summed E-state index contributed by atoms with van der Waals surface area (Å²) in [6, 6.07) is 0.865. The molecule has 21 heavy (non-hydrogen) atoms. The third-order valence-electron chi connectivity index (χ3n) is 4.99. The Morgan fingerprint density at radius 2 is 1.90 bits per heavy atom. The molecule has 0 saturated carbocycles. The number of hydrogen-bond acceptors (Lipinski definition) is 4. The van der Waals surface area contributed by atoms with E-state index in [1.165, 1.54) is 12.8 Å². The molecule has 2 N–H and O–H groups in total. The maximum Gasteiger partial charge on any atom is 0.305 e. The lowest BCUT2D eigenvalue weighted by molar-refractivity contribution is -0.147. The smallest absolute Gasteiger partial charge is 0.305 e. The quantitative estimate of drug-likeness (QED) is 0.794. The minimum absolute atomic E-state index is 0.0246. The van der Waals surface area contributed by atoms with Crippen LogP contribution in [0, 0.1) is 5.92 Å². The molecule has 3 aliphatic heterocycles. The van der Waals surface area contributed by atoms with E-state index < -0.39 is 5.97 Å². The van der Waals surface area contributed by atoms with E-state index in [1.54, 1.807) is 4.90 Å². The number of piperidine rings is 1. The number of carboxylic acid groups (broad SMARTS) is 1. The van der Waals surface area contributed by atoms with Crippen LogP contribution in [0.5, 0.6) is 0 Å². The van der Waals surface area contributed by atoms with Crippen molar-refractivity contribution in [2.45, 2.75) is 56.7 Å². The monoisotopic (exact) mass is 296 g/mol. The third-order valence-corrected chi connectivity index (χ3v) is 4.99. The predicted molar refractivity (Wildman–Crippen MR) is 75.9 cm³/mol. The number of aliphatic carboxylic acids is 1. The van der Waals surface area contributed by atoms with Gasteiger partial charge in [0, 0.05) is 25.0 Å². The van der Waals surface area contributed by atoms with Crippen molar-refractivity contribution in [1.29, 1.82) is 0 Å². The Kier molecular flexibility index (Phi) is 4.45. The molecule has 3 heterocycles. The Balaban J connectivity index is 1.56. The first-order valence-corrected chi connectivity index (χ1v) is 7.97. The molecule has 0 aromatic carbocycles. The van der Waals surface area contributed by atoms with Crippen LogP contribution in [0.4, 0.5) is 0 Å². The number of carbonyl (C=O) groups excluding carboxylic acids is 1. The number of carboxylic acids is 1. The molecule has 6 nitrogen and oxygen atoms in total. The van der Waals surface area contributed by atoms with Crippen molar-refractivity contribution in [2.24, 2.45) is 5.92 Å². The maximum atomic E-state index is 12.5. The normalized spacial score (nSPS) is 35.7. The molecule has 3 aliphatic rings. The van der Waals surface area contributed by atoms with Crippen molar-refractivity contribution < 1.29 is 19.4 Å². The molecule has 1 amide bonds. The summed E-state index contributed by atoms with van der Waals surface area (Å²) in [5.41, 5.74) is 0. The first-order chi connectivity index (χ1) is 10.1. The van der Waals surface area contributed by atoms with Crippen molar-refractivity contribution in [1.82, 2.24) is 10.2 Å². The van der Waals surface area contributed by atoms with Gasteiger partial charge in [0.05, 0.1) is 25.7 Å². The summed E-state index contributed by atoms with van der Waals surface area (Å²) < 4.78 is 5.33. The van der Waals surface area contributed by atoms with Gasteiger partial charge in [-0.3, -0.25) is 9.59 Å². The molecule has 3 rings (SSSR count). The fraction of sp³-hybridized carbons (Fsp3) is 0.867. The van der Waals surface area contributed by atoms with E-state index in [9.17, 15) is 9.59 Å². The standard InChI is InChI=1S/C15H24N2O4/c18-14(7-10-5-11-1-2-12(6-10)16-11)17-3-4-21-9-13(17)8-15(19)20/h10-13,16H,1-9H2,(H,19,20). The number of fused-ring (bicyclic) bond motifs is 2. The Hall–Kier alpha value is -1.14. The molecule has 0 aromatic heterocycles. The third kappa shape index (κ3) is 3.55. The summed E-state index contributed by atoms with van der Waals surface area (Å²) >= 11 is 0. The molecule has 0 aliphatic carbocycles. The average Bonchev–Trinajstić information content (AvgIpc) is 2.78. The summed E-state index contributed by atoms with van der Waals surface area (Å²) in [6.45, 7) is 1.38. The highest BCUT2D eigenvalue weighted by Crippen LogP contribution is 2.33. The van der Waals surface area contributed by atoms with Gasteiger partial charge in [-0.15, -0.1) is 0 Å². The summed E-state index contributed by atoms with van der Waals surface area (Å²) in [5.74, 6) is -0.316. The van der Waals surface area contributed by atoms with Gasteiger partial charge in [0.1, 0.15) is 0 Å². The lowest BCUT2D eigenvalue weighted by Gasteiger charge is -2.37. The second kappa shape index (κ2) is 6.32.